The molecule has 1 heterocycles. The molecule has 25 heavy (non-hydrogen) atoms. The number of rotatable bonds is 8. The van der Waals surface area contributed by atoms with Crippen molar-refractivity contribution in [3.63, 3.8) is 0 Å². The van der Waals surface area contributed by atoms with Gasteiger partial charge in [0, 0.05) is 6.54 Å². The molecule has 2 aromatic rings. The van der Waals surface area contributed by atoms with E-state index in [1.54, 1.807) is 24.3 Å². The van der Waals surface area contributed by atoms with Crippen LogP contribution >= 0.6 is 0 Å². The van der Waals surface area contributed by atoms with Crippen molar-refractivity contribution in [2.24, 2.45) is 0 Å². The molecule has 0 unspecified atom stereocenters. The zero-order chi connectivity index (χ0) is 17.5. The molecule has 4 heteroatoms. The van der Waals surface area contributed by atoms with Crippen LogP contribution in [0, 0.1) is 0 Å². The lowest BCUT2D eigenvalue weighted by Crippen LogP contribution is -2.30. The monoisotopic (exact) mass is 335 g/mol. The van der Waals surface area contributed by atoms with Crippen LogP contribution in [-0.4, -0.2) is 29.9 Å². The van der Waals surface area contributed by atoms with Gasteiger partial charge >= 0.3 is 0 Å². The maximum absolute atomic E-state index is 12.2. The minimum absolute atomic E-state index is 0.184. The van der Waals surface area contributed by atoms with Gasteiger partial charge in [-0.3, -0.25) is 14.5 Å². The van der Waals surface area contributed by atoms with Crippen LogP contribution in [0.4, 0.5) is 0 Å². The standard InChI is InChI=1S/C21H21NO3/c23-20-18-12-6-7-13-19(18)21(24)22(20)14-8-1-2-9-15-25-16-17-10-4-3-5-11-17/h2-7,9-13H,1,8,14-16H2. The van der Waals surface area contributed by atoms with Gasteiger partial charge < -0.3 is 4.74 Å². The Balaban J connectivity index is 1.35. The van der Waals surface area contributed by atoms with Crippen molar-refractivity contribution in [3.8, 4) is 0 Å². The number of imide groups is 1. The van der Waals surface area contributed by atoms with Crippen molar-refractivity contribution in [1.82, 2.24) is 4.90 Å². The van der Waals surface area contributed by atoms with E-state index in [4.69, 9.17) is 4.74 Å². The highest BCUT2D eigenvalue weighted by Crippen LogP contribution is 2.22. The summed E-state index contributed by atoms with van der Waals surface area (Å²) in [6.45, 7) is 1.60. The van der Waals surface area contributed by atoms with E-state index in [9.17, 15) is 9.59 Å². The van der Waals surface area contributed by atoms with Crippen molar-refractivity contribution in [3.05, 3.63) is 83.4 Å². The maximum atomic E-state index is 12.2. The molecule has 1 aliphatic rings. The molecule has 128 valence electrons. The van der Waals surface area contributed by atoms with E-state index in [0.29, 0.717) is 30.9 Å². The summed E-state index contributed by atoms with van der Waals surface area (Å²) in [6, 6.07) is 17.0. The highest BCUT2D eigenvalue weighted by Gasteiger charge is 2.34. The molecule has 0 atom stereocenters. The predicted octanol–water partition coefficient (Wildman–Crippen LogP) is 3.84. The van der Waals surface area contributed by atoms with Gasteiger partial charge in [-0.05, 0) is 30.5 Å². The summed E-state index contributed by atoms with van der Waals surface area (Å²) in [5, 5.41) is 0. The molecule has 0 saturated heterocycles. The first-order valence-corrected chi connectivity index (χ1v) is 8.49. The molecule has 2 amide bonds. The molecule has 0 saturated carbocycles. The lowest BCUT2D eigenvalue weighted by molar-refractivity contribution is 0.0653. The molecular weight excluding hydrogens is 314 g/mol. The Kier molecular flexibility index (Phi) is 5.75. The molecule has 0 radical (unpaired) electrons. The van der Waals surface area contributed by atoms with Crippen LogP contribution in [0.25, 0.3) is 0 Å². The van der Waals surface area contributed by atoms with E-state index < -0.39 is 0 Å². The Morgan fingerprint density at radius 3 is 2.16 bits per heavy atom. The summed E-state index contributed by atoms with van der Waals surface area (Å²) in [5.74, 6) is -0.369. The van der Waals surface area contributed by atoms with Crippen molar-refractivity contribution in [2.45, 2.75) is 19.4 Å². The topological polar surface area (TPSA) is 46.6 Å². The second kappa shape index (κ2) is 8.40. The van der Waals surface area contributed by atoms with Crippen LogP contribution in [0.5, 0.6) is 0 Å². The van der Waals surface area contributed by atoms with Crippen LogP contribution in [0.1, 0.15) is 39.1 Å². The number of ether oxygens (including phenoxy) is 1. The van der Waals surface area contributed by atoms with Crippen LogP contribution in [0.15, 0.2) is 66.7 Å². The van der Waals surface area contributed by atoms with Crippen LogP contribution in [-0.2, 0) is 11.3 Å². The highest BCUT2D eigenvalue weighted by molar-refractivity contribution is 6.21. The fourth-order valence-corrected chi connectivity index (χ4v) is 2.81. The fourth-order valence-electron chi connectivity index (χ4n) is 2.81. The van der Waals surface area contributed by atoms with E-state index in [1.807, 2.05) is 42.5 Å². The quantitative estimate of drug-likeness (QED) is 0.418. The first kappa shape index (κ1) is 17.1. The molecule has 0 N–H and O–H groups in total. The van der Waals surface area contributed by atoms with Crippen molar-refractivity contribution in [1.29, 1.82) is 0 Å². The van der Waals surface area contributed by atoms with Gasteiger partial charge in [-0.1, -0.05) is 54.6 Å². The average molecular weight is 335 g/mol. The van der Waals surface area contributed by atoms with E-state index in [-0.39, 0.29) is 11.8 Å². The summed E-state index contributed by atoms with van der Waals surface area (Å²) in [6.07, 6.45) is 5.57. The van der Waals surface area contributed by atoms with Crippen molar-refractivity contribution in [2.75, 3.05) is 13.2 Å². The number of allylic oxidation sites excluding steroid dienone is 1. The van der Waals surface area contributed by atoms with Crippen LogP contribution in [0.3, 0.4) is 0 Å². The number of fused-ring (bicyclic) bond motifs is 1. The van der Waals surface area contributed by atoms with Gasteiger partial charge in [-0.15, -0.1) is 0 Å². The third-order valence-electron chi connectivity index (χ3n) is 4.12. The number of hydrogen-bond acceptors (Lipinski definition) is 3. The summed E-state index contributed by atoms with van der Waals surface area (Å²) < 4.78 is 5.57. The third kappa shape index (κ3) is 4.22. The summed E-state index contributed by atoms with van der Waals surface area (Å²) in [7, 11) is 0. The van der Waals surface area contributed by atoms with Gasteiger partial charge in [0.25, 0.3) is 11.8 Å². The van der Waals surface area contributed by atoms with Gasteiger partial charge in [-0.25, -0.2) is 0 Å². The van der Waals surface area contributed by atoms with E-state index in [1.165, 1.54) is 4.90 Å². The molecule has 1 aliphatic heterocycles. The Morgan fingerprint density at radius 1 is 0.840 bits per heavy atom. The number of unbranched alkanes of at least 4 members (excludes halogenated alkanes) is 1. The minimum Gasteiger partial charge on any atom is -0.373 e. The molecule has 0 fully saturated rings. The zero-order valence-electron chi connectivity index (χ0n) is 14.1. The maximum Gasteiger partial charge on any atom is 0.261 e. The minimum atomic E-state index is -0.184. The SMILES string of the molecule is O=C1c2ccccc2C(=O)N1CCCC=CCOCc1ccccc1. The zero-order valence-corrected chi connectivity index (χ0v) is 14.1. The normalized spacial score (nSPS) is 13.7. The van der Waals surface area contributed by atoms with Crippen molar-refractivity contribution >= 4 is 11.8 Å². The van der Waals surface area contributed by atoms with Gasteiger partial charge in [0.2, 0.25) is 0 Å². The number of carbonyl (C=O) groups excluding carboxylic acids is 2. The lowest BCUT2D eigenvalue weighted by atomic mass is 10.1. The second-order valence-corrected chi connectivity index (χ2v) is 5.92. The number of nitrogens with zero attached hydrogens (tertiary/aromatic N) is 1. The first-order valence-electron chi connectivity index (χ1n) is 8.49. The predicted molar refractivity (Wildman–Crippen MR) is 96.3 cm³/mol. The average Bonchev–Trinajstić information content (AvgIpc) is 2.90. The number of hydrogen-bond donors (Lipinski definition) is 0. The van der Waals surface area contributed by atoms with Crippen molar-refractivity contribution < 1.29 is 14.3 Å². The molecule has 0 spiro atoms. The fraction of sp³-hybridized carbons (Fsp3) is 0.238. The van der Waals surface area contributed by atoms with Gasteiger partial charge in [0.05, 0.1) is 24.3 Å². The Hall–Kier alpha value is -2.72. The summed E-state index contributed by atoms with van der Waals surface area (Å²) in [5.41, 5.74) is 2.18. The van der Waals surface area contributed by atoms with E-state index in [2.05, 4.69) is 0 Å². The number of carbonyl (C=O) groups is 2. The van der Waals surface area contributed by atoms with Crippen LogP contribution < -0.4 is 0 Å². The molecule has 4 nitrogen and oxygen atoms in total. The highest BCUT2D eigenvalue weighted by atomic mass is 16.5. The third-order valence-corrected chi connectivity index (χ3v) is 4.12. The van der Waals surface area contributed by atoms with Gasteiger partial charge in [-0.2, -0.15) is 0 Å². The number of benzene rings is 2. The van der Waals surface area contributed by atoms with Gasteiger partial charge in [0.1, 0.15) is 0 Å². The molecule has 0 aromatic heterocycles. The molecule has 3 rings (SSSR count). The molecule has 0 aliphatic carbocycles. The van der Waals surface area contributed by atoms with Crippen LogP contribution in [0.2, 0.25) is 0 Å². The van der Waals surface area contributed by atoms with E-state index >= 15 is 0 Å². The lowest BCUT2D eigenvalue weighted by Gasteiger charge is -2.12. The van der Waals surface area contributed by atoms with E-state index in [0.717, 1.165) is 18.4 Å². The Labute approximate surface area is 147 Å². The first-order chi connectivity index (χ1) is 12.3. The molecular formula is C21H21NO3. The Bertz CT molecular complexity index is 733. The molecule has 2 aromatic carbocycles. The largest absolute Gasteiger partial charge is 0.373 e. The summed E-state index contributed by atoms with van der Waals surface area (Å²) in [4.78, 5) is 25.8. The Morgan fingerprint density at radius 2 is 1.48 bits per heavy atom. The van der Waals surface area contributed by atoms with Gasteiger partial charge in [0.15, 0.2) is 0 Å². The second-order valence-electron chi connectivity index (χ2n) is 5.92. The summed E-state index contributed by atoms with van der Waals surface area (Å²) >= 11 is 0. The smallest absolute Gasteiger partial charge is 0.261 e. The molecule has 0 bridgehead atoms. The number of amides is 2.